The highest BCUT2D eigenvalue weighted by molar-refractivity contribution is 7.13. The number of nitrogens with one attached hydrogen (secondary N) is 2. The number of thiazole rings is 1. The lowest BCUT2D eigenvalue weighted by Gasteiger charge is -2.29. The normalized spacial score (nSPS) is 22.2. The molecule has 21 heavy (non-hydrogen) atoms. The van der Waals surface area contributed by atoms with E-state index in [2.05, 4.69) is 22.5 Å². The molecule has 0 bridgehead atoms. The molecular formula is C15H19N3O2S. The fourth-order valence-electron chi connectivity index (χ4n) is 2.47. The summed E-state index contributed by atoms with van der Waals surface area (Å²) < 4.78 is 5.54. The molecule has 1 amide bonds. The van der Waals surface area contributed by atoms with Crippen LogP contribution >= 0.6 is 11.3 Å². The fourth-order valence-corrected chi connectivity index (χ4v) is 3.23. The molecular weight excluding hydrogens is 286 g/mol. The Morgan fingerprint density at radius 1 is 1.52 bits per heavy atom. The summed E-state index contributed by atoms with van der Waals surface area (Å²) in [6, 6.07) is 3.94. The minimum atomic E-state index is -0.110. The van der Waals surface area contributed by atoms with E-state index >= 15 is 0 Å². The maximum atomic E-state index is 12.3. The SMILES string of the molecule is Cc1ccc(-c2nc(C(=O)NC3CNCCC3C)cs2)o1. The van der Waals surface area contributed by atoms with Crippen LogP contribution in [0.15, 0.2) is 21.9 Å². The van der Waals surface area contributed by atoms with Crippen LogP contribution in [0.25, 0.3) is 10.8 Å². The van der Waals surface area contributed by atoms with Crippen molar-refractivity contribution in [2.24, 2.45) is 5.92 Å². The van der Waals surface area contributed by atoms with Gasteiger partial charge in [-0.2, -0.15) is 0 Å². The Labute approximate surface area is 127 Å². The standard InChI is InChI=1S/C15H19N3O2S/c1-9-5-6-16-7-11(9)17-14(19)12-8-21-15(18-12)13-4-3-10(2)20-13/h3-4,8-9,11,16H,5-7H2,1-2H3,(H,17,19). The Bertz CT molecular complexity index is 634. The molecule has 0 aliphatic carbocycles. The van der Waals surface area contributed by atoms with Gasteiger partial charge in [-0.05, 0) is 37.9 Å². The molecule has 0 radical (unpaired) electrons. The Kier molecular flexibility index (Phi) is 4.07. The van der Waals surface area contributed by atoms with Crippen molar-refractivity contribution >= 4 is 17.2 Å². The molecule has 3 rings (SSSR count). The highest BCUT2D eigenvalue weighted by Gasteiger charge is 2.24. The summed E-state index contributed by atoms with van der Waals surface area (Å²) in [6.07, 6.45) is 1.08. The quantitative estimate of drug-likeness (QED) is 0.914. The van der Waals surface area contributed by atoms with E-state index < -0.39 is 0 Å². The molecule has 1 saturated heterocycles. The number of carbonyl (C=O) groups excluding carboxylic acids is 1. The predicted octanol–water partition coefficient (Wildman–Crippen LogP) is 2.44. The van der Waals surface area contributed by atoms with Gasteiger partial charge in [-0.3, -0.25) is 4.79 Å². The van der Waals surface area contributed by atoms with Gasteiger partial charge in [0.2, 0.25) is 0 Å². The van der Waals surface area contributed by atoms with Crippen LogP contribution in [0.3, 0.4) is 0 Å². The van der Waals surface area contributed by atoms with Crippen LogP contribution in [0.4, 0.5) is 0 Å². The van der Waals surface area contributed by atoms with Crippen LogP contribution in [0.2, 0.25) is 0 Å². The molecule has 0 spiro atoms. The average Bonchev–Trinajstić information content (AvgIpc) is 3.10. The molecule has 3 heterocycles. The summed E-state index contributed by atoms with van der Waals surface area (Å²) in [6.45, 7) is 5.90. The third-order valence-electron chi connectivity index (χ3n) is 3.83. The summed E-state index contributed by atoms with van der Waals surface area (Å²) in [5.41, 5.74) is 0.460. The zero-order chi connectivity index (χ0) is 14.8. The van der Waals surface area contributed by atoms with Gasteiger partial charge in [0.25, 0.3) is 5.91 Å². The number of amides is 1. The topological polar surface area (TPSA) is 67.2 Å². The van der Waals surface area contributed by atoms with Crippen LogP contribution in [0, 0.1) is 12.8 Å². The number of hydrogen-bond donors (Lipinski definition) is 2. The van der Waals surface area contributed by atoms with Gasteiger partial charge in [-0.1, -0.05) is 6.92 Å². The lowest BCUT2D eigenvalue weighted by molar-refractivity contribution is 0.0911. The van der Waals surface area contributed by atoms with E-state index in [0.717, 1.165) is 30.3 Å². The number of hydrogen-bond acceptors (Lipinski definition) is 5. The number of nitrogens with zero attached hydrogens (tertiary/aromatic N) is 1. The van der Waals surface area contributed by atoms with Gasteiger partial charge < -0.3 is 15.1 Å². The maximum absolute atomic E-state index is 12.3. The summed E-state index contributed by atoms with van der Waals surface area (Å²) in [4.78, 5) is 16.7. The van der Waals surface area contributed by atoms with Gasteiger partial charge in [0.1, 0.15) is 11.5 Å². The third kappa shape index (κ3) is 3.16. The monoisotopic (exact) mass is 305 g/mol. The van der Waals surface area contributed by atoms with Gasteiger partial charge in [-0.15, -0.1) is 11.3 Å². The smallest absolute Gasteiger partial charge is 0.271 e. The molecule has 112 valence electrons. The van der Waals surface area contributed by atoms with Gasteiger partial charge in [0.15, 0.2) is 10.8 Å². The number of carbonyl (C=O) groups is 1. The molecule has 1 fully saturated rings. The van der Waals surface area contributed by atoms with Gasteiger partial charge in [-0.25, -0.2) is 4.98 Å². The summed E-state index contributed by atoms with van der Waals surface area (Å²) in [5.74, 6) is 1.93. The van der Waals surface area contributed by atoms with Crippen LogP contribution in [0.5, 0.6) is 0 Å². The fraction of sp³-hybridized carbons (Fsp3) is 0.467. The minimum Gasteiger partial charge on any atom is -0.459 e. The highest BCUT2D eigenvalue weighted by Crippen LogP contribution is 2.25. The molecule has 0 saturated carbocycles. The Morgan fingerprint density at radius 3 is 3.10 bits per heavy atom. The first-order valence-electron chi connectivity index (χ1n) is 7.17. The van der Waals surface area contributed by atoms with E-state index in [1.54, 1.807) is 5.38 Å². The maximum Gasteiger partial charge on any atom is 0.271 e. The second-order valence-corrected chi connectivity index (χ2v) is 6.36. The van der Waals surface area contributed by atoms with E-state index in [4.69, 9.17) is 4.42 Å². The minimum absolute atomic E-state index is 0.110. The number of rotatable bonds is 3. The first-order valence-corrected chi connectivity index (χ1v) is 8.05. The van der Waals surface area contributed by atoms with E-state index in [1.165, 1.54) is 11.3 Å². The van der Waals surface area contributed by atoms with E-state index in [9.17, 15) is 4.79 Å². The van der Waals surface area contributed by atoms with Crippen molar-refractivity contribution in [3.63, 3.8) is 0 Å². The summed E-state index contributed by atoms with van der Waals surface area (Å²) >= 11 is 1.43. The van der Waals surface area contributed by atoms with Crippen molar-refractivity contribution < 1.29 is 9.21 Å². The lowest BCUT2D eigenvalue weighted by atomic mass is 9.95. The Morgan fingerprint density at radius 2 is 2.38 bits per heavy atom. The number of furan rings is 1. The molecule has 2 atom stereocenters. The van der Waals surface area contributed by atoms with E-state index in [-0.39, 0.29) is 11.9 Å². The average molecular weight is 305 g/mol. The molecule has 2 aromatic heterocycles. The van der Waals surface area contributed by atoms with Crippen LogP contribution in [-0.2, 0) is 0 Å². The predicted molar refractivity (Wildman–Crippen MR) is 82.5 cm³/mol. The highest BCUT2D eigenvalue weighted by atomic mass is 32.1. The largest absolute Gasteiger partial charge is 0.459 e. The van der Waals surface area contributed by atoms with Crippen LogP contribution in [0.1, 0.15) is 29.6 Å². The van der Waals surface area contributed by atoms with Gasteiger partial charge in [0.05, 0.1) is 0 Å². The van der Waals surface area contributed by atoms with Crippen molar-refractivity contribution in [1.29, 1.82) is 0 Å². The summed E-state index contributed by atoms with van der Waals surface area (Å²) in [7, 11) is 0. The molecule has 2 N–H and O–H groups in total. The molecule has 1 aliphatic heterocycles. The Hall–Kier alpha value is -1.66. The van der Waals surface area contributed by atoms with Gasteiger partial charge in [0, 0.05) is 18.0 Å². The molecule has 1 aliphatic rings. The van der Waals surface area contributed by atoms with Crippen molar-refractivity contribution in [2.75, 3.05) is 13.1 Å². The number of aryl methyl sites for hydroxylation is 1. The van der Waals surface area contributed by atoms with E-state index in [1.807, 2.05) is 19.1 Å². The first-order chi connectivity index (χ1) is 10.1. The van der Waals surface area contributed by atoms with Crippen molar-refractivity contribution in [3.05, 3.63) is 29.0 Å². The number of aromatic nitrogens is 1. The molecule has 2 unspecified atom stereocenters. The third-order valence-corrected chi connectivity index (χ3v) is 4.69. The number of piperidine rings is 1. The first kappa shape index (κ1) is 14.3. The van der Waals surface area contributed by atoms with E-state index in [0.29, 0.717) is 17.4 Å². The molecule has 2 aromatic rings. The molecule has 0 aromatic carbocycles. The summed E-state index contributed by atoms with van der Waals surface area (Å²) in [5, 5.41) is 8.90. The second-order valence-electron chi connectivity index (χ2n) is 5.50. The molecule has 5 nitrogen and oxygen atoms in total. The van der Waals surface area contributed by atoms with Crippen molar-refractivity contribution in [2.45, 2.75) is 26.3 Å². The van der Waals surface area contributed by atoms with Crippen molar-refractivity contribution in [3.8, 4) is 10.8 Å². The van der Waals surface area contributed by atoms with Gasteiger partial charge >= 0.3 is 0 Å². The zero-order valence-electron chi connectivity index (χ0n) is 12.2. The van der Waals surface area contributed by atoms with Crippen LogP contribution < -0.4 is 10.6 Å². The lowest BCUT2D eigenvalue weighted by Crippen LogP contribution is -2.50. The molecule has 6 heteroatoms. The van der Waals surface area contributed by atoms with Crippen molar-refractivity contribution in [1.82, 2.24) is 15.6 Å². The van der Waals surface area contributed by atoms with Crippen LogP contribution in [-0.4, -0.2) is 30.0 Å². The second kappa shape index (κ2) is 5.99. The zero-order valence-corrected chi connectivity index (χ0v) is 13.0. The Balaban J connectivity index is 1.69.